The van der Waals surface area contributed by atoms with Crippen molar-refractivity contribution in [3.8, 4) is 22.5 Å². The van der Waals surface area contributed by atoms with Crippen molar-refractivity contribution in [2.75, 3.05) is 19.6 Å². The predicted molar refractivity (Wildman–Crippen MR) is 117 cm³/mol. The zero-order valence-electron chi connectivity index (χ0n) is 17.7. The molecule has 0 aliphatic carbocycles. The average molecular weight is 442 g/mol. The number of rotatable bonds is 6. The molecule has 1 aliphatic heterocycles. The molecule has 8 heteroatoms. The van der Waals surface area contributed by atoms with E-state index in [4.69, 9.17) is 0 Å². The number of aromatic amines is 1. The molecule has 2 aromatic carbocycles. The molecule has 2 heterocycles. The minimum Gasteiger partial charge on any atom is -0.350 e. The number of alkyl halides is 3. The lowest BCUT2D eigenvalue weighted by atomic mass is 10.1. The van der Waals surface area contributed by atoms with E-state index in [0.29, 0.717) is 35.1 Å². The first kappa shape index (κ1) is 22.1. The van der Waals surface area contributed by atoms with Gasteiger partial charge in [0.25, 0.3) is 5.91 Å². The summed E-state index contributed by atoms with van der Waals surface area (Å²) in [6.45, 7) is 4.84. The summed E-state index contributed by atoms with van der Waals surface area (Å²) in [4.78, 5) is 14.9. The lowest BCUT2D eigenvalue weighted by Gasteiger charge is -2.22. The molecule has 3 aromatic rings. The number of carbonyl (C=O) groups is 1. The van der Waals surface area contributed by atoms with Crippen LogP contribution < -0.4 is 5.32 Å². The van der Waals surface area contributed by atoms with Gasteiger partial charge in [-0.2, -0.15) is 18.3 Å². The number of likely N-dealkylation sites (N-methyl/N-ethyl adjacent to an activating group) is 1. The Kier molecular flexibility index (Phi) is 6.32. The van der Waals surface area contributed by atoms with Crippen LogP contribution in [0.1, 0.15) is 35.7 Å². The molecule has 0 radical (unpaired) electrons. The van der Waals surface area contributed by atoms with Crippen molar-refractivity contribution in [3.05, 3.63) is 65.7 Å². The number of amides is 1. The first-order valence-corrected chi connectivity index (χ1v) is 10.7. The van der Waals surface area contributed by atoms with Crippen molar-refractivity contribution in [2.24, 2.45) is 0 Å². The fourth-order valence-corrected chi connectivity index (χ4v) is 4.13. The smallest absolute Gasteiger partial charge is 0.350 e. The van der Waals surface area contributed by atoms with Gasteiger partial charge < -0.3 is 5.32 Å². The number of halogens is 3. The van der Waals surface area contributed by atoms with E-state index in [0.717, 1.165) is 43.6 Å². The maximum Gasteiger partial charge on any atom is 0.416 e. The van der Waals surface area contributed by atoms with Crippen molar-refractivity contribution in [1.82, 2.24) is 20.4 Å². The zero-order valence-corrected chi connectivity index (χ0v) is 17.7. The lowest BCUT2D eigenvalue weighted by molar-refractivity contribution is -0.137. The highest BCUT2D eigenvalue weighted by Gasteiger charge is 2.30. The molecule has 0 saturated carbocycles. The van der Waals surface area contributed by atoms with Gasteiger partial charge >= 0.3 is 6.18 Å². The first-order chi connectivity index (χ1) is 15.3. The average Bonchev–Trinajstić information content (AvgIpc) is 3.46. The lowest BCUT2D eigenvalue weighted by Crippen LogP contribution is -2.40. The third-order valence-electron chi connectivity index (χ3n) is 5.93. The maximum absolute atomic E-state index is 13.0. The van der Waals surface area contributed by atoms with Crippen LogP contribution in [0.5, 0.6) is 0 Å². The van der Waals surface area contributed by atoms with Gasteiger partial charge in [0, 0.05) is 23.7 Å². The molecule has 1 fully saturated rings. The largest absolute Gasteiger partial charge is 0.416 e. The summed E-state index contributed by atoms with van der Waals surface area (Å²) in [7, 11) is 0. The molecule has 32 heavy (non-hydrogen) atoms. The number of nitrogens with zero attached hydrogens (tertiary/aromatic N) is 2. The Morgan fingerprint density at radius 1 is 1.16 bits per heavy atom. The number of aromatic nitrogens is 2. The van der Waals surface area contributed by atoms with Crippen LogP contribution in [0, 0.1) is 0 Å². The van der Waals surface area contributed by atoms with Crippen LogP contribution in [-0.2, 0) is 6.18 Å². The van der Waals surface area contributed by atoms with Crippen molar-refractivity contribution in [1.29, 1.82) is 0 Å². The van der Waals surface area contributed by atoms with Crippen molar-refractivity contribution in [2.45, 2.75) is 32.0 Å². The fourth-order valence-electron chi connectivity index (χ4n) is 4.13. The fraction of sp³-hybridized carbons (Fsp3) is 0.333. The summed E-state index contributed by atoms with van der Waals surface area (Å²) in [5.41, 5.74) is 2.10. The number of benzene rings is 2. The molecular formula is C24H25F3N4O. The van der Waals surface area contributed by atoms with Crippen LogP contribution in [0.4, 0.5) is 13.2 Å². The van der Waals surface area contributed by atoms with E-state index in [1.165, 1.54) is 6.07 Å². The molecule has 2 N–H and O–H groups in total. The molecule has 1 saturated heterocycles. The van der Waals surface area contributed by atoms with E-state index in [1.54, 1.807) is 36.4 Å². The second kappa shape index (κ2) is 9.16. The van der Waals surface area contributed by atoms with E-state index in [-0.39, 0.29) is 5.91 Å². The quantitative estimate of drug-likeness (QED) is 0.566. The molecule has 0 unspecified atom stereocenters. The molecular weight excluding hydrogens is 417 g/mol. The van der Waals surface area contributed by atoms with Crippen LogP contribution in [0.2, 0.25) is 0 Å². The molecule has 5 nitrogen and oxygen atoms in total. The standard InChI is InChI=1S/C24H25F3N4O/c1-2-31-12-4-7-20(31)15-28-23(32)17-10-8-16(9-11-17)21-14-22(30-29-21)18-5-3-6-19(13-18)24(25,26)27/h3,5-6,8-11,13-14,20H,2,4,7,12,15H2,1H3,(H,28,32)(H,29,30)/t20-/m1/s1. The van der Waals surface area contributed by atoms with Crippen LogP contribution in [0.25, 0.3) is 22.5 Å². The van der Waals surface area contributed by atoms with E-state index < -0.39 is 11.7 Å². The molecule has 4 rings (SSSR count). The summed E-state index contributed by atoms with van der Waals surface area (Å²) >= 11 is 0. The Morgan fingerprint density at radius 3 is 2.66 bits per heavy atom. The van der Waals surface area contributed by atoms with Gasteiger partial charge in [0.2, 0.25) is 0 Å². The highest BCUT2D eigenvalue weighted by atomic mass is 19.4. The van der Waals surface area contributed by atoms with Gasteiger partial charge in [0.05, 0.1) is 17.0 Å². The molecule has 1 amide bonds. The molecule has 0 spiro atoms. The number of hydrogen-bond acceptors (Lipinski definition) is 3. The van der Waals surface area contributed by atoms with Gasteiger partial charge in [-0.1, -0.05) is 31.2 Å². The topological polar surface area (TPSA) is 61.0 Å². The van der Waals surface area contributed by atoms with Crippen LogP contribution in [0.3, 0.4) is 0 Å². The normalized spacial score (nSPS) is 16.9. The van der Waals surface area contributed by atoms with Crippen LogP contribution in [0.15, 0.2) is 54.6 Å². The second-order valence-corrected chi connectivity index (χ2v) is 7.96. The van der Waals surface area contributed by atoms with Crippen molar-refractivity contribution >= 4 is 5.91 Å². The summed E-state index contributed by atoms with van der Waals surface area (Å²) < 4.78 is 38.9. The highest BCUT2D eigenvalue weighted by Crippen LogP contribution is 2.32. The first-order valence-electron chi connectivity index (χ1n) is 10.7. The van der Waals surface area contributed by atoms with Crippen LogP contribution in [-0.4, -0.2) is 46.7 Å². The number of H-pyrrole nitrogens is 1. The molecule has 168 valence electrons. The Labute approximate surface area is 184 Å². The highest BCUT2D eigenvalue weighted by molar-refractivity contribution is 5.94. The SMILES string of the molecule is CCN1CCC[C@@H]1CNC(=O)c1ccc(-c2cc(-c3cccc(C(F)(F)F)c3)n[nH]2)cc1. The van der Waals surface area contributed by atoms with Crippen LogP contribution >= 0.6 is 0 Å². The summed E-state index contributed by atoms with van der Waals surface area (Å²) in [6.07, 6.45) is -2.14. The molecule has 1 atom stereocenters. The third kappa shape index (κ3) is 4.85. The molecule has 1 aliphatic rings. The predicted octanol–water partition coefficient (Wildman–Crippen LogP) is 4.98. The van der Waals surface area contributed by atoms with Crippen molar-refractivity contribution in [3.63, 3.8) is 0 Å². The van der Waals surface area contributed by atoms with Gasteiger partial charge in [-0.15, -0.1) is 0 Å². The Bertz CT molecular complexity index is 1080. The van der Waals surface area contributed by atoms with Gasteiger partial charge in [-0.25, -0.2) is 0 Å². The minimum atomic E-state index is -4.40. The third-order valence-corrected chi connectivity index (χ3v) is 5.93. The van der Waals surface area contributed by atoms with Crippen molar-refractivity contribution < 1.29 is 18.0 Å². The Hall–Kier alpha value is -3.13. The van der Waals surface area contributed by atoms with E-state index >= 15 is 0 Å². The van der Waals surface area contributed by atoms with E-state index in [1.807, 2.05) is 0 Å². The summed E-state index contributed by atoms with van der Waals surface area (Å²) in [6, 6.07) is 14.2. The molecule has 1 aromatic heterocycles. The molecule has 0 bridgehead atoms. The van der Waals surface area contributed by atoms with Gasteiger partial charge in [0.1, 0.15) is 0 Å². The monoisotopic (exact) mass is 442 g/mol. The van der Waals surface area contributed by atoms with Gasteiger partial charge in [0.15, 0.2) is 0 Å². The Morgan fingerprint density at radius 2 is 1.94 bits per heavy atom. The van der Waals surface area contributed by atoms with Gasteiger partial charge in [-0.3, -0.25) is 14.8 Å². The number of hydrogen-bond donors (Lipinski definition) is 2. The van der Waals surface area contributed by atoms with E-state index in [9.17, 15) is 18.0 Å². The zero-order chi connectivity index (χ0) is 22.7. The number of carbonyl (C=O) groups excluding carboxylic acids is 1. The minimum absolute atomic E-state index is 0.117. The second-order valence-electron chi connectivity index (χ2n) is 7.96. The summed E-state index contributed by atoms with van der Waals surface area (Å²) in [5.74, 6) is -0.117. The Balaban J connectivity index is 1.43. The maximum atomic E-state index is 13.0. The summed E-state index contributed by atoms with van der Waals surface area (Å²) in [5, 5.41) is 10.0. The van der Waals surface area contributed by atoms with E-state index in [2.05, 4.69) is 27.3 Å². The van der Waals surface area contributed by atoms with Gasteiger partial charge in [-0.05, 0) is 61.8 Å². The number of likely N-dealkylation sites (tertiary alicyclic amines) is 1. The number of nitrogens with one attached hydrogen (secondary N) is 2.